The highest BCUT2D eigenvalue weighted by Crippen LogP contribution is 2.40. The molecule has 0 amide bonds. The molecule has 27 heavy (non-hydrogen) atoms. The molecule has 0 unspecified atom stereocenters. The van der Waals surface area contributed by atoms with Crippen molar-refractivity contribution in [1.82, 2.24) is 25.4 Å². The summed E-state index contributed by atoms with van der Waals surface area (Å²) in [6, 6.07) is 0.538. The third-order valence-electron chi connectivity index (χ3n) is 6.39. The van der Waals surface area contributed by atoms with Crippen molar-refractivity contribution in [2.24, 2.45) is 17.5 Å². The summed E-state index contributed by atoms with van der Waals surface area (Å²) >= 11 is 0. The number of hydrogen-bond acceptors (Lipinski definition) is 4. The lowest BCUT2D eigenvalue weighted by molar-refractivity contribution is 0.138. The smallest absolute Gasteiger partial charge is 0.191 e. The number of rotatable bonds is 8. The van der Waals surface area contributed by atoms with Crippen LogP contribution in [0, 0.1) is 12.3 Å². The number of hydrogen-bond donors (Lipinski definition) is 2. The Morgan fingerprint density at radius 1 is 1.22 bits per heavy atom. The number of ether oxygens (including phenoxy) is 1. The van der Waals surface area contributed by atoms with Gasteiger partial charge in [0.2, 0.25) is 0 Å². The molecule has 0 aliphatic heterocycles. The number of aryl methyl sites for hydroxylation is 1. The Hall–Kier alpha value is -1.63. The average Bonchev–Trinajstić information content (AvgIpc) is 3.41. The molecule has 2 aliphatic rings. The van der Waals surface area contributed by atoms with Crippen LogP contribution in [-0.4, -0.2) is 47.0 Å². The molecule has 2 saturated carbocycles. The van der Waals surface area contributed by atoms with Crippen LogP contribution in [0.4, 0.5) is 0 Å². The second-order valence-corrected chi connectivity index (χ2v) is 8.32. The minimum absolute atomic E-state index is 0.343. The van der Waals surface area contributed by atoms with Crippen molar-refractivity contribution in [3.8, 4) is 0 Å². The Bertz CT molecular complexity index is 614. The third-order valence-corrected chi connectivity index (χ3v) is 6.39. The minimum atomic E-state index is 0.343. The van der Waals surface area contributed by atoms with E-state index in [1.165, 1.54) is 51.4 Å². The second-order valence-electron chi connectivity index (χ2n) is 8.32. The maximum absolute atomic E-state index is 5.37. The standard InChI is InChI=1S/C20H36N6O/c1-16-24-25-18(26(16)2)14-21-19(23-17-8-4-5-9-17)22-15-20(12-13-27-3)10-6-7-11-20/h17H,4-15H2,1-3H3,(H2,21,22,23). The van der Waals surface area contributed by atoms with Gasteiger partial charge in [-0.15, -0.1) is 10.2 Å². The number of nitrogens with one attached hydrogen (secondary N) is 2. The van der Waals surface area contributed by atoms with Crippen molar-refractivity contribution < 1.29 is 4.74 Å². The first-order valence-corrected chi connectivity index (χ1v) is 10.5. The number of aromatic nitrogens is 3. The number of nitrogens with zero attached hydrogens (tertiary/aromatic N) is 4. The summed E-state index contributed by atoms with van der Waals surface area (Å²) in [5, 5.41) is 15.7. The Labute approximate surface area is 163 Å². The Balaban J connectivity index is 1.65. The summed E-state index contributed by atoms with van der Waals surface area (Å²) in [5.74, 6) is 2.74. The number of aliphatic imine (C=N–C) groups is 1. The summed E-state index contributed by atoms with van der Waals surface area (Å²) in [7, 11) is 3.80. The van der Waals surface area contributed by atoms with E-state index >= 15 is 0 Å². The summed E-state index contributed by atoms with van der Waals surface area (Å²) in [5.41, 5.74) is 0.343. The van der Waals surface area contributed by atoms with Gasteiger partial charge in [0.1, 0.15) is 12.4 Å². The highest BCUT2D eigenvalue weighted by molar-refractivity contribution is 5.80. The molecule has 1 aromatic rings. The number of methoxy groups -OCH3 is 1. The zero-order valence-electron chi connectivity index (χ0n) is 17.3. The van der Waals surface area contributed by atoms with Crippen LogP contribution in [-0.2, 0) is 18.3 Å². The molecular weight excluding hydrogens is 340 g/mol. The fourth-order valence-electron chi connectivity index (χ4n) is 4.38. The summed E-state index contributed by atoms with van der Waals surface area (Å²) in [4.78, 5) is 4.84. The van der Waals surface area contributed by atoms with Crippen LogP contribution in [0.5, 0.6) is 0 Å². The number of guanidine groups is 1. The normalized spacial score (nSPS) is 20.3. The van der Waals surface area contributed by atoms with Crippen molar-refractivity contribution >= 4 is 5.96 Å². The molecule has 1 aromatic heterocycles. The molecule has 0 bridgehead atoms. The van der Waals surface area contributed by atoms with Gasteiger partial charge < -0.3 is 19.9 Å². The molecular formula is C20H36N6O. The molecule has 1 heterocycles. The zero-order valence-corrected chi connectivity index (χ0v) is 17.3. The largest absolute Gasteiger partial charge is 0.385 e. The Morgan fingerprint density at radius 3 is 2.59 bits per heavy atom. The van der Waals surface area contributed by atoms with Gasteiger partial charge in [0.05, 0.1) is 0 Å². The predicted molar refractivity (Wildman–Crippen MR) is 108 cm³/mol. The highest BCUT2D eigenvalue weighted by atomic mass is 16.5. The van der Waals surface area contributed by atoms with Gasteiger partial charge in [0, 0.05) is 33.4 Å². The minimum Gasteiger partial charge on any atom is -0.385 e. The fourth-order valence-corrected chi connectivity index (χ4v) is 4.38. The second kappa shape index (κ2) is 9.53. The van der Waals surface area contributed by atoms with Crippen LogP contribution in [0.1, 0.15) is 69.4 Å². The zero-order chi connectivity index (χ0) is 19.1. The molecule has 0 spiro atoms. The first kappa shape index (κ1) is 20.1. The van der Waals surface area contributed by atoms with Crippen LogP contribution in [0.3, 0.4) is 0 Å². The molecule has 2 fully saturated rings. The Kier molecular flexibility index (Phi) is 7.10. The van der Waals surface area contributed by atoms with E-state index in [1.54, 1.807) is 7.11 Å². The molecule has 0 aromatic carbocycles. The predicted octanol–water partition coefficient (Wildman–Crippen LogP) is 2.70. The molecule has 3 rings (SSSR count). The van der Waals surface area contributed by atoms with E-state index in [0.717, 1.165) is 37.2 Å². The van der Waals surface area contributed by atoms with E-state index in [1.807, 2.05) is 18.5 Å². The molecule has 2 N–H and O–H groups in total. The summed E-state index contributed by atoms with van der Waals surface area (Å²) in [6.07, 6.45) is 11.4. The van der Waals surface area contributed by atoms with Crippen molar-refractivity contribution in [2.75, 3.05) is 20.3 Å². The van der Waals surface area contributed by atoms with E-state index in [0.29, 0.717) is 18.0 Å². The first-order valence-electron chi connectivity index (χ1n) is 10.5. The van der Waals surface area contributed by atoms with E-state index in [-0.39, 0.29) is 0 Å². The quantitative estimate of drug-likeness (QED) is 0.539. The van der Waals surface area contributed by atoms with Gasteiger partial charge in [-0.2, -0.15) is 0 Å². The van der Waals surface area contributed by atoms with E-state index in [9.17, 15) is 0 Å². The van der Waals surface area contributed by atoms with Crippen molar-refractivity contribution in [3.05, 3.63) is 11.6 Å². The van der Waals surface area contributed by atoms with Gasteiger partial charge >= 0.3 is 0 Å². The summed E-state index contributed by atoms with van der Waals surface area (Å²) in [6.45, 7) is 4.31. The van der Waals surface area contributed by atoms with Gasteiger partial charge in [-0.25, -0.2) is 4.99 Å². The maximum Gasteiger partial charge on any atom is 0.191 e. The monoisotopic (exact) mass is 376 g/mol. The van der Waals surface area contributed by atoms with Gasteiger partial charge in [-0.3, -0.25) is 0 Å². The average molecular weight is 377 g/mol. The van der Waals surface area contributed by atoms with Gasteiger partial charge in [0.15, 0.2) is 11.8 Å². The lowest BCUT2D eigenvalue weighted by atomic mass is 9.83. The van der Waals surface area contributed by atoms with E-state index in [4.69, 9.17) is 9.73 Å². The van der Waals surface area contributed by atoms with Crippen LogP contribution >= 0.6 is 0 Å². The van der Waals surface area contributed by atoms with Gasteiger partial charge in [-0.05, 0) is 44.4 Å². The van der Waals surface area contributed by atoms with Crippen LogP contribution in [0.15, 0.2) is 4.99 Å². The lowest BCUT2D eigenvalue weighted by Gasteiger charge is -2.30. The maximum atomic E-state index is 5.37. The Morgan fingerprint density at radius 2 is 1.96 bits per heavy atom. The molecule has 7 nitrogen and oxygen atoms in total. The SMILES string of the molecule is COCCC1(CNC(=NCc2nnc(C)n2C)NC2CCCC2)CCCC1. The van der Waals surface area contributed by atoms with Crippen LogP contribution in [0.2, 0.25) is 0 Å². The van der Waals surface area contributed by atoms with Crippen molar-refractivity contribution in [2.45, 2.75) is 77.3 Å². The van der Waals surface area contributed by atoms with E-state index < -0.39 is 0 Å². The van der Waals surface area contributed by atoms with Crippen molar-refractivity contribution in [3.63, 3.8) is 0 Å². The van der Waals surface area contributed by atoms with Crippen LogP contribution in [0.25, 0.3) is 0 Å². The van der Waals surface area contributed by atoms with Gasteiger partial charge in [-0.1, -0.05) is 25.7 Å². The molecule has 0 atom stereocenters. The van der Waals surface area contributed by atoms with Crippen molar-refractivity contribution in [1.29, 1.82) is 0 Å². The third kappa shape index (κ3) is 5.43. The first-order chi connectivity index (χ1) is 13.1. The molecule has 7 heteroatoms. The topological polar surface area (TPSA) is 76.4 Å². The molecule has 2 aliphatic carbocycles. The highest BCUT2D eigenvalue weighted by Gasteiger charge is 2.33. The molecule has 0 radical (unpaired) electrons. The fraction of sp³-hybridized carbons (Fsp3) is 0.850. The van der Waals surface area contributed by atoms with Gasteiger partial charge in [0.25, 0.3) is 0 Å². The summed E-state index contributed by atoms with van der Waals surface area (Å²) < 4.78 is 7.38. The molecule has 152 valence electrons. The molecule has 0 saturated heterocycles. The lowest BCUT2D eigenvalue weighted by Crippen LogP contribution is -2.46. The van der Waals surface area contributed by atoms with Crippen LogP contribution < -0.4 is 10.6 Å². The van der Waals surface area contributed by atoms with E-state index in [2.05, 4.69) is 20.8 Å².